The minimum atomic E-state index is -0.281. The average molecular weight is 190 g/mol. The zero-order valence-electron chi connectivity index (χ0n) is 7.69. The van der Waals surface area contributed by atoms with Crippen molar-refractivity contribution in [3.8, 4) is 17.0 Å². The first kappa shape index (κ1) is 8.62. The highest BCUT2D eigenvalue weighted by molar-refractivity contribution is 5.67. The summed E-state index contributed by atoms with van der Waals surface area (Å²) in [5.41, 5.74) is 0.746. The predicted molar refractivity (Wildman–Crippen MR) is 53.1 cm³/mol. The lowest BCUT2D eigenvalue weighted by molar-refractivity contribution is 0.420. The molecule has 14 heavy (non-hydrogen) atoms. The third-order valence-corrected chi connectivity index (χ3v) is 2.10. The Balaban J connectivity index is 2.69. The van der Waals surface area contributed by atoms with Gasteiger partial charge in [-0.2, -0.15) is 0 Å². The van der Waals surface area contributed by atoms with Crippen molar-refractivity contribution < 1.29 is 5.11 Å². The standard InChI is InChI=1S/C10H10N2O2/c1-12-10(14)8(9(13)11-12)7-5-3-2-4-6-7/h2-6,14H,1H3,(H,11,13). The van der Waals surface area contributed by atoms with E-state index in [0.717, 1.165) is 0 Å². The number of H-pyrrole nitrogens is 1. The monoisotopic (exact) mass is 190 g/mol. The summed E-state index contributed by atoms with van der Waals surface area (Å²) in [6.07, 6.45) is 0. The SMILES string of the molecule is Cn1[nH]c(=O)c(-c2ccccc2)c1O. The van der Waals surface area contributed by atoms with E-state index in [0.29, 0.717) is 11.1 Å². The summed E-state index contributed by atoms with van der Waals surface area (Å²) in [5.74, 6) is -0.0406. The van der Waals surface area contributed by atoms with E-state index < -0.39 is 0 Å². The number of aryl methyl sites for hydroxylation is 1. The van der Waals surface area contributed by atoms with Gasteiger partial charge >= 0.3 is 0 Å². The van der Waals surface area contributed by atoms with Crippen LogP contribution in [0.2, 0.25) is 0 Å². The number of rotatable bonds is 1. The van der Waals surface area contributed by atoms with Crippen LogP contribution in [-0.2, 0) is 7.05 Å². The minimum absolute atomic E-state index is 0.0406. The van der Waals surface area contributed by atoms with E-state index in [-0.39, 0.29) is 11.4 Å². The first-order valence-electron chi connectivity index (χ1n) is 4.23. The van der Waals surface area contributed by atoms with Crippen molar-refractivity contribution in [3.05, 3.63) is 40.7 Å². The second-order valence-electron chi connectivity index (χ2n) is 3.06. The lowest BCUT2D eigenvalue weighted by Crippen LogP contribution is -2.03. The molecular weight excluding hydrogens is 180 g/mol. The number of benzene rings is 1. The molecule has 72 valence electrons. The zero-order chi connectivity index (χ0) is 10.1. The predicted octanol–water partition coefficient (Wildman–Crippen LogP) is 1.09. The van der Waals surface area contributed by atoms with Crippen LogP contribution in [0, 0.1) is 0 Å². The molecule has 0 atom stereocenters. The van der Waals surface area contributed by atoms with E-state index in [4.69, 9.17) is 0 Å². The first-order chi connectivity index (χ1) is 6.70. The Labute approximate surface area is 80.4 Å². The Morgan fingerprint density at radius 3 is 2.43 bits per heavy atom. The summed E-state index contributed by atoms with van der Waals surface area (Å²) < 4.78 is 1.30. The molecule has 2 rings (SSSR count). The van der Waals surface area contributed by atoms with Crippen molar-refractivity contribution in [2.75, 3.05) is 0 Å². The Kier molecular flexibility index (Phi) is 1.89. The Hall–Kier alpha value is -1.97. The van der Waals surface area contributed by atoms with Gasteiger partial charge in [-0.25, -0.2) is 0 Å². The maximum Gasteiger partial charge on any atom is 0.275 e. The maximum atomic E-state index is 11.4. The van der Waals surface area contributed by atoms with Gasteiger partial charge in [0, 0.05) is 7.05 Å². The number of nitrogens with zero attached hydrogens (tertiary/aromatic N) is 1. The molecule has 0 spiro atoms. The van der Waals surface area contributed by atoms with Crippen molar-refractivity contribution in [3.63, 3.8) is 0 Å². The quantitative estimate of drug-likeness (QED) is 0.707. The molecule has 0 saturated carbocycles. The molecule has 0 saturated heterocycles. The van der Waals surface area contributed by atoms with E-state index in [1.807, 2.05) is 18.2 Å². The van der Waals surface area contributed by atoms with Crippen LogP contribution in [0.25, 0.3) is 11.1 Å². The Bertz CT molecular complexity index is 497. The van der Waals surface area contributed by atoms with Crippen LogP contribution in [-0.4, -0.2) is 14.9 Å². The lowest BCUT2D eigenvalue weighted by Gasteiger charge is -1.97. The molecule has 0 aliphatic heterocycles. The van der Waals surface area contributed by atoms with Crippen LogP contribution in [0.15, 0.2) is 35.1 Å². The largest absolute Gasteiger partial charge is 0.493 e. The topological polar surface area (TPSA) is 58.0 Å². The molecule has 0 amide bonds. The summed E-state index contributed by atoms with van der Waals surface area (Å²) in [6.45, 7) is 0. The molecule has 1 heterocycles. The molecule has 4 heteroatoms. The molecule has 0 fully saturated rings. The molecule has 0 aliphatic rings. The summed E-state index contributed by atoms with van der Waals surface area (Å²) in [4.78, 5) is 11.4. The van der Waals surface area contributed by atoms with Crippen molar-refractivity contribution in [1.82, 2.24) is 9.78 Å². The first-order valence-corrected chi connectivity index (χ1v) is 4.23. The van der Waals surface area contributed by atoms with Crippen LogP contribution in [0.1, 0.15) is 0 Å². The fourth-order valence-electron chi connectivity index (χ4n) is 1.40. The smallest absolute Gasteiger partial charge is 0.275 e. The number of hydrogen-bond acceptors (Lipinski definition) is 2. The highest BCUT2D eigenvalue weighted by atomic mass is 16.3. The third kappa shape index (κ3) is 1.21. The van der Waals surface area contributed by atoms with Gasteiger partial charge in [0.25, 0.3) is 5.56 Å². The Morgan fingerprint density at radius 2 is 1.93 bits per heavy atom. The molecule has 0 aliphatic carbocycles. The van der Waals surface area contributed by atoms with Crippen LogP contribution < -0.4 is 5.56 Å². The van der Waals surface area contributed by atoms with Crippen LogP contribution in [0.4, 0.5) is 0 Å². The average Bonchev–Trinajstić information content (AvgIpc) is 2.43. The van der Waals surface area contributed by atoms with Gasteiger partial charge in [-0.05, 0) is 5.56 Å². The molecule has 2 N–H and O–H groups in total. The number of aromatic amines is 1. The molecule has 0 radical (unpaired) electrons. The van der Waals surface area contributed by atoms with Gasteiger partial charge in [0.1, 0.15) is 5.56 Å². The molecule has 0 bridgehead atoms. The Morgan fingerprint density at radius 1 is 1.29 bits per heavy atom. The summed E-state index contributed by atoms with van der Waals surface area (Å²) in [5, 5.41) is 12.1. The fraction of sp³-hybridized carbons (Fsp3) is 0.100. The van der Waals surface area contributed by atoms with E-state index in [1.54, 1.807) is 19.2 Å². The zero-order valence-corrected chi connectivity index (χ0v) is 7.69. The molecule has 4 nitrogen and oxygen atoms in total. The van der Waals surface area contributed by atoms with Gasteiger partial charge in [0.05, 0.1) is 0 Å². The fourth-order valence-corrected chi connectivity index (χ4v) is 1.40. The lowest BCUT2D eigenvalue weighted by atomic mass is 10.1. The van der Waals surface area contributed by atoms with E-state index in [2.05, 4.69) is 5.10 Å². The molecule has 1 aromatic carbocycles. The van der Waals surface area contributed by atoms with Gasteiger partial charge in [0.2, 0.25) is 5.88 Å². The van der Waals surface area contributed by atoms with Gasteiger partial charge in [-0.3, -0.25) is 14.6 Å². The number of aromatic hydroxyl groups is 1. The third-order valence-electron chi connectivity index (χ3n) is 2.10. The van der Waals surface area contributed by atoms with E-state index in [1.165, 1.54) is 4.68 Å². The second-order valence-corrected chi connectivity index (χ2v) is 3.06. The molecular formula is C10H10N2O2. The van der Waals surface area contributed by atoms with Crippen molar-refractivity contribution in [1.29, 1.82) is 0 Å². The van der Waals surface area contributed by atoms with Crippen LogP contribution in [0.3, 0.4) is 0 Å². The van der Waals surface area contributed by atoms with Gasteiger partial charge in [0.15, 0.2) is 0 Å². The normalized spacial score (nSPS) is 10.4. The van der Waals surface area contributed by atoms with Crippen molar-refractivity contribution in [2.45, 2.75) is 0 Å². The van der Waals surface area contributed by atoms with Crippen molar-refractivity contribution in [2.24, 2.45) is 7.05 Å². The summed E-state index contributed by atoms with van der Waals surface area (Å²) >= 11 is 0. The highest BCUT2D eigenvalue weighted by Gasteiger charge is 2.12. The molecule has 2 aromatic rings. The van der Waals surface area contributed by atoms with Crippen LogP contribution in [0.5, 0.6) is 5.88 Å². The maximum absolute atomic E-state index is 11.4. The summed E-state index contributed by atoms with van der Waals surface area (Å²) in [6, 6.07) is 9.06. The highest BCUT2D eigenvalue weighted by Crippen LogP contribution is 2.23. The molecule has 0 unspecified atom stereocenters. The van der Waals surface area contributed by atoms with Crippen molar-refractivity contribution >= 4 is 0 Å². The van der Waals surface area contributed by atoms with Gasteiger partial charge in [-0.1, -0.05) is 30.3 Å². The van der Waals surface area contributed by atoms with Gasteiger partial charge in [-0.15, -0.1) is 0 Å². The van der Waals surface area contributed by atoms with Gasteiger partial charge < -0.3 is 5.11 Å². The minimum Gasteiger partial charge on any atom is -0.493 e. The van der Waals surface area contributed by atoms with E-state index in [9.17, 15) is 9.90 Å². The second kappa shape index (κ2) is 3.06. The number of nitrogens with one attached hydrogen (secondary N) is 1. The van der Waals surface area contributed by atoms with Crippen LogP contribution >= 0.6 is 0 Å². The number of hydrogen-bond donors (Lipinski definition) is 2. The van der Waals surface area contributed by atoms with E-state index >= 15 is 0 Å². The molecule has 1 aromatic heterocycles. The summed E-state index contributed by atoms with van der Waals surface area (Å²) in [7, 11) is 1.59. The number of aromatic nitrogens is 2.